The third-order valence-corrected chi connectivity index (χ3v) is 4.09. The number of para-hydroxylation sites is 1. The van der Waals surface area contributed by atoms with E-state index in [2.05, 4.69) is 37.4 Å². The molecule has 0 atom stereocenters. The number of allylic oxidation sites excluding steroid dienone is 2. The molecule has 3 rings (SSSR count). The van der Waals surface area contributed by atoms with Crippen molar-refractivity contribution in [2.75, 3.05) is 12.4 Å². The van der Waals surface area contributed by atoms with E-state index >= 15 is 0 Å². The van der Waals surface area contributed by atoms with E-state index in [0.29, 0.717) is 0 Å². The van der Waals surface area contributed by atoms with Gasteiger partial charge in [0.25, 0.3) is 0 Å². The van der Waals surface area contributed by atoms with E-state index in [9.17, 15) is 0 Å². The number of aliphatic imine (C=N–C) groups is 1. The van der Waals surface area contributed by atoms with E-state index in [-0.39, 0.29) is 5.41 Å². The van der Waals surface area contributed by atoms with Crippen LogP contribution in [0.2, 0.25) is 0 Å². The summed E-state index contributed by atoms with van der Waals surface area (Å²) < 4.78 is 5.21. The Morgan fingerprint density at radius 1 is 0.958 bits per heavy atom. The zero-order valence-corrected chi connectivity index (χ0v) is 14.5. The zero-order chi connectivity index (χ0) is 17.0. The van der Waals surface area contributed by atoms with E-state index in [4.69, 9.17) is 9.73 Å². The first-order valence-electron chi connectivity index (χ1n) is 8.28. The molecule has 1 aliphatic carbocycles. The van der Waals surface area contributed by atoms with Crippen molar-refractivity contribution in [3.8, 4) is 5.75 Å². The molecule has 24 heavy (non-hydrogen) atoms. The molecule has 2 aromatic rings. The fraction of sp³-hybridized carbons (Fsp3) is 0.286. The first-order chi connectivity index (χ1) is 11.5. The quantitative estimate of drug-likeness (QED) is 0.797. The summed E-state index contributed by atoms with van der Waals surface area (Å²) in [5, 5.41) is 3.53. The van der Waals surface area contributed by atoms with E-state index < -0.39 is 0 Å². The summed E-state index contributed by atoms with van der Waals surface area (Å²) >= 11 is 0. The smallest absolute Gasteiger partial charge is 0.119 e. The number of hydrogen-bond acceptors (Lipinski definition) is 3. The molecule has 1 aliphatic rings. The summed E-state index contributed by atoms with van der Waals surface area (Å²) in [6, 6.07) is 18.2. The molecule has 0 bridgehead atoms. The van der Waals surface area contributed by atoms with Gasteiger partial charge in [-0.15, -0.1) is 0 Å². The SMILES string of the molecule is COc1ccc(N=C2C=C(Nc3ccccc3)CC(C)(C)C2)cc1. The van der Waals surface area contributed by atoms with Crippen molar-refractivity contribution in [1.29, 1.82) is 0 Å². The average Bonchev–Trinajstić information content (AvgIpc) is 2.55. The highest BCUT2D eigenvalue weighted by atomic mass is 16.5. The molecule has 2 aromatic carbocycles. The fourth-order valence-corrected chi connectivity index (χ4v) is 3.05. The maximum Gasteiger partial charge on any atom is 0.119 e. The third-order valence-electron chi connectivity index (χ3n) is 4.09. The number of anilines is 1. The molecule has 0 heterocycles. The van der Waals surface area contributed by atoms with Gasteiger partial charge in [0.1, 0.15) is 5.75 Å². The lowest BCUT2D eigenvalue weighted by molar-refractivity contribution is 0.374. The predicted octanol–water partition coefficient (Wildman–Crippen LogP) is 5.58. The summed E-state index contributed by atoms with van der Waals surface area (Å²) in [5.74, 6) is 0.852. The van der Waals surface area contributed by atoms with Crippen molar-refractivity contribution < 1.29 is 4.74 Å². The number of hydrogen-bond donors (Lipinski definition) is 1. The van der Waals surface area contributed by atoms with Crippen LogP contribution in [0.15, 0.2) is 71.4 Å². The highest BCUT2D eigenvalue weighted by Gasteiger charge is 2.26. The van der Waals surface area contributed by atoms with Gasteiger partial charge in [-0.3, -0.25) is 4.99 Å². The zero-order valence-electron chi connectivity index (χ0n) is 14.5. The Balaban J connectivity index is 1.85. The van der Waals surface area contributed by atoms with Gasteiger partial charge >= 0.3 is 0 Å². The lowest BCUT2D eigenvalue weighted by Crippen LogP contribution is -2.24. The molecule has 0 unspecified atom stereocenters. The van der Waals surface area contributed by atoms with Crippen molar-refractivity contribution in [3.05, 3.63) is 66.4 Å². The number of benzene rings is 2. The fourth-order valence-electron chi connectivity index (χ4n) is 3.05. The van der Waals surface area contributed by atoms with Gasteiger partial charge in [-0.1, -0.05) is 32.0 Å². The highest BCUT2D eigenvalue weighted by molar-refractivity contribution is 5.99. The van der Waals surface area contributed by atoms with Crippen LogP contribution in [-0.4, -0.2) is 12.8 Å². The normalized spacial score (nSPS) is 18.1. The molecule has 0 amide bonds. The third kappa shape index (κ3) is 4.25. The van der Waals surface area contributed by atoms with Gasteiger partial charge in [0.15, 0.2) is 0 Å². The number of methoxy groups -OCH3 is 1. The van der Waals surface area contributed by atoms with Crippen molar-refractivity contribution in [2.24, 2.45) is 10.4 Å². The Morgan fingerprint density at radius 2 is 1.67 bits per heavy atom. The standard InChI is InChI=1S/C21H24N2O/c1-21(2)14-18(22-16-7-5-4-6-8-16)13-19(15-21)23-17-9-11-20(24-3)12-10-17/h4-13,22H,14-15H2,1-3H3. The van der Waals surface area contributed by atoms with Gasteiger partial charge in [-0.25, -0.2) is 0 Å². The van der Waals surface area contributed by atoms with Crippen LogP contribution in [0, 0.1) is 5.41 Å². The van der Waals surface area contributed by atoms with Crippen molar-refractivity contribution >= 4 is 17.1 Å². The Kier molecular flexibility index (Phi) is 4.70. The second-order valence-electron chi connectivity index (χ2n) is 6.98. The van der Waals surface area contributed by atoms with Gasteiger partial charge in [0.05, 0.1) is 12.8 Å². The number of nitrogens with one attached hydrogen (secondary N) is 1. The van der Waals surface area contributed by atoms with Crippen LogP contribution in [0.3, 0.4) is 0 Å². The van der Waals surface area contributed by atoms with Crippen LogP contribution in [0.4, 0.5) is 11.4 Å². The van der Waals surface area contributed by atoms with Crippen molar-refractivity contribution in [3.63, 3.8) is 0 Å². The summed E-state index contributed by atoms with van der Waals surface area (Å²) in [7, 11) is 1.68. The molecule has 124 valence electrons. The predicted molar refractivity (Wildman–Crippen MR) is 101 cm³/mol. The number of nitrogens with zero attached hydrogens (tertiary/aromatic N) is 1. The molecule has 0 radical (unpaired) electrons. The Bertz CT molecular complexity index is 743. The second-order valence-corrected chi connectivity index (χ2v) is 6.98. The van der Waals surface area contributed by atoms with Crippen LogP contribution in [-0.2, 0) is 0 Å². The molecule has 3 nitrogen and oxygen atoms in total. The van der Waals surface area contributed by atoms with Crippen molar-refractivity contribution in [2.45, 2.75) is 26.7 Å². The minimum Gasteiger partial charge on any atom is -0.497 e. The first kappa shape index (κ1) is 16.3. The topological polar surface area (TPSA) is 33.6 Å². The van der Waals surface area contributed by atoms with Crippen LogP contribution >= 0.6 is 0 Å². The van der Waals surface area contributed by atoms with E-state index in [1.54, 1.807) is 7.11 Å². The van der Waals surface area contributed by atoms with Crippen molar-refractivity contribution in [1.82, 2.24) is 0 Å². The lowest BCUT2D eigenvalue weighted by Gasteiger charge is -2.31. The molecule has 1 N–H and O–H groups in total. The summed E-state index contributed by atoms with van der Waals surface area (Å²) in [4.78, 5) is 4.83. The van der Waals surface area contributed by atoms with Crippen LogP contribution in [0.25, 0.3) is 0 Å². The Morgan fingerprint density at radius 3 is 2.33 bits per heavy atom. The van der Waals surface area contributed by atoms with Crippen LogP contribution < -0.4 is 10.1 Å². The molecule has 0 saturated heterocycles. The van der Waals surface area contributed by atoms with Crippen LogP contribution in [0.5, 0.6) is 5.75 Å². The Labute approximate surface area is 144 Å². The maximum atomic E-state index is 5.21. The summed E-state index contributed by atoms with van der Waals surface area (Å²) in [6.45, 7) is 4.58. The molecule has 0 spiro atoms. The minimum absolute atomic E-state index is 0.192. The second kappa shape index (κ2) is 6.91. The highest BCUT2D eigenvalue weighted by Crippen LogP contribution is 2.35. The Hall–Kier alpha value is -2.55. The summed E-state index contributed by atoms with van der Waals surface area (Å²) in [6.07, 6.45) is 4.17. The van der Waals surface area contributed by atoms with Gasteiger partial charge in [-0.2, -0.15) is 0 Å². The molecule has 0 fully saturated rings. The first-order valence-corrected chi connectivity index (χ1v) is 8.28. The molecule has 0 aliphatic heterocycles. The van der Waals surface area contributed by atoms with Gasteiger partial charge in [0, 0.05) is 17.1 Å². The molecule has 3 heteroatoms. The van der Waals surface area contributed by atoms with E-state index in [1.807, 2.05) is 42.5 Å². The lowest BCUT2D eigenvalue weighted by atomic mass is 9.78. The molecule has 0 aromatic heterocycles. The largest absolute Gasteiger partial charge is 0.497 e. The van der Waals surface area contributed by atoms with Gasteiger partial charge in [-0.05, 0) is 60.7 Å². The molecular weight excluding hydrogens is 296 g/mol. The monoisotopic (exact) mass is 320 g/mol. The molecular formula is C21H24N2O. The number of ether oxygens (including phenoxy) is 1. The van der Waals surface area contributed by atoms with E-state index in [0.717, 1.165) is 35.7 Å². The van der Waals surface area contributed by atoms with Crippen LogP contribution in [0.1, 0.15) is 26.7 Å². The number of rotatable bonds is 4. The average molecular weight is 320 g/mol. The summed E-state index contributed by atoms with van der Waals surface area (Å²) in [5.41, 5.74) is 4.58. The van der Waals surface area contributed by atoms with E-state index in [1.165, 1.54) is 5.70 Å². The van der Waals surface area contributed by atoms with Gasteiger partial charge in [0.2, 0.25) is 0 Å². The van der Waals surface area contributed by atoms with Gasteiger partial charge < -0.3 is 10.1 Å². The minimum atomic E-state index is 0.192. The molecule has 0 saturated carbocycles. The maximum absolute atomic E-state index is 5.21.